The van der Waals surface area contributed by atoms with Gasteiger partial charge in [0.15, 0.2) is 11.9 Å². The van der Waals surface area contributed by atoms with E-state index in [0.717, 1.165) is 26.2 Å². The van der Waals surface area contributed by atoms with Crippen LogP contribution in [0.3, 0.4) is 0 Å². The summed E-state index contributed by atoms with van der Waals surface area (Å²) in [5, 5.41) is 3.74. The van der Waals surface area contributed by atoms with Gasteiger partial charge in [0.25, 0.3) is 5.91 Å². The zero-order valence-electron chi connectivity index (χ0n) is 13.8. The monoisotopic (exact) mass is 357 g/mol. The lowest BCUT2D eigenvalue weighted by Crippen LogP contribution is -2.30. The Bertz CT molecular complexity index is 730. The Labute approximate surface area is 141 Å². The van der Waals surface area contributed by atoms with Gasteiger partial charge in [0.1, 0.15) is 5.56 Å². The minimum atomic E-state index is -1.66. The van der Waals surface area contributed by atoms with E-state index in [2.05, 4.69) is 19.3 Å². The van der Waals surface area contributed by atoms with Crippen molar-refractivity contribution in [3.63, 3.8) is 0 Å². The minimum absolute atomic E-state index is 0.0113. The molecule has 1 fully saturated rings. The molecule has 1 atom stereocenters. The highest BCUT2D eigenvalue weighted by atomic mass is 19.1. The molecule has 0 radical (unpaired) electrons. The Morgan fingerprint density at radius 3 is 2.28 bits per heavy atom. The third kappa shape index (κ3) is 3.30. The highest BCUT2D eigenvalue weighted by Gasteiger charge is 2.37. The maximum Gasteiger partial charge on any atom is 0.434 e. The van der Waals surface area contributed by atoms with Gasteiger partial charge in [-0.15, -0.1) is 0 Å². The number of ether oxygens (including phenoxy) is 3. The molecule has 1 aromatic heterocycles. The first-order valence-corrected chi connectivity index (χ1v) is 7.15. The summed E-state index contributed by atoms with van der Waals surface area (Å²) >= 11 is 0. The fourth-order valence-corrected chi connectivity index (χ4v) is 2.43. The van der Waals surface area contributed by atoms with Gasteiger partial charge in [-0.25, -0.2) is 18.8 Å². The Balaban J connectivity index is 2.58. The third-order valence-electron chi connectivity index (χ3n) is 3.67. The number of nitrogens with zero attached hydrogens (tertiary/aromatic N) is 3. The quantitative estimate of drug-likeness (QED) is 0.552. The number of halogens is 1. The Hall–Kier alpha value is -2.98. The highest BCUT2D eigenvalue weighted by molar-refractivity contribution is 6.03. The summed E-state index contributed by atoms with van der Waals surface area (Å²) in [6.45, 7) is -0.247. The summed E-state index contributed by atoms with van der Waals surface area (Å²) in [7, 11) is 3.21. The van der Waals surface area contributed by atoms with Gasteiger partial charge in [-0.2, -0.15) is 9.78 Å². The smallest absolute Gasteiger partial charge is 0.434 e. The predicted octanol–water partition coefficient (Wildman–Crippen LogP) is 0.141. The average molecular weight is 357 g/mol. The molecule has 10 nitrogen and oxygen atoms in total. The first-order chi connectivity index (χ1) is 11.8. The van der Waals surface area contributed by atoms with Gasteiger partial charge in [0.05, 0.1) is 33.6 Å². The van der Waals surface area contributed by atoms with Crippen LogP contribution in [0.1, 0.15) is 33.0 Å². The van der Waals surface area contributed by atoms with Gasteiger partial charge in [0.2, 0.25) is 0 Å². The van der Waals surface area contributed by atoms with Gasteiger partial charge in [-0.05, 0) is 0 Å². The molecule has 1 aliphatic rings. The number of aromatic nitrogens is 2. The normalized spacial score (nSPS) is 16.7. The first kappa shape index (κ1) is 18.4. The molecule has 1 saturated heterocycles. The van der Waals surface area contributed by atoms with Crippen molar-refractivity contribution in [1.82, 2.24) is 14.7 Å². The number of carbonyl (C=O) groups is 4. The van der Waals surface area contributed by atoms with Crippen molar-refractivity contribution in [2.24, 2.45) is 0 Å². The number of carbonyl (C=O) groups excluding carboxylic acids is 4. The fourth-order valence-electron chi connectivity index (χ4n) is 2.43. The van der Waals surface area contributed by atoms with Crippen LogP contribution < -0.4 is 0 Å². The SMILES string of the molecule is COC(=O)c1nn(C(=O)OC)c(CN2CCC(F)C2=O)c1C(=O)OC. The van der Waals surface area contributed by atoms with Crippen LogP contribution in [0, 0.1) is 0 Å². The van der Waals surface area contributed by atoms with Crippen LogP contribution in [0.2, 0.25) is 0 Å². The van der Waals surface area contributed by atoms with Gasteiger partial charge in [-0.3, -0.25) is 4.79 Å². The van der Waals surface area contributed by atoms with E-state index in [1.165, 1.54) is 0 Å². The molecule has 136 valence electrons. The van der Waals surface area contributed by atoms with Crippen LogP contribution in [-0.2, 0) is 25.5 Å². The second kappa shape index (κ2) is 7.28. The van der Waals surface area contributed by atoms with Gasteiger partial charge in [-0.1, -0.05) is 0 Å². The summed E-state index contributed by atoms with van der Waals surface area (Å²) in [4.78, 5) is 48.8. The maximum atomic E-state index is 13.4. The minimum Gasteiger partial charge on any atom is -0.465 e. The Morgan fingerprint density at radius 2 is 1.80 bits per heavy atom. The van der Waals surface area contributed by atoms with Gasteiger partial charge < -0.3 is 19.1 Å². The number of hydrogen-bond acceptors (Lipinski definition) is 8. The number of alkyl halides is 1. The molecule has 1 unspecified atom stereocenters. The number of likely N-dealkylation sites (tertiary alicyclic amines) is 1. The summed E-state index contributed by atoms with van der Waals surface area (Å²) in [6.07, 6.45) is -2.67. The van der Waals surface area contributed by atoms with Crippen LogP contribution >= 0.6 is 0 Å². The molecule has 1 amide bonds. The van der Waals surface area contributed by atoms with Crippen molar-refractivity contribution < 1.29 is 37.8 Å². The van der Waals surface area contributed by atoms with Gasteiger partial charge in [0, 0.05) is 13.0 Å². The second-order valence-corrected chi connectivity index (χ2v) is 5.05. The van der Waals surface area contributed by atoms with Gasteiger partial charge >= 0.3 is 18.0 Å². The lowest BCUT2D eigenvalue weighted by Gasteiger charge is -2.16. The first-order valence-electron chi connectivity index (χ1n) is 7.15. The molecule has 2 rings (SSSR count). The lowest BCUT2D eigenvalue weighted by molar-refractivity contribution is -0.132. The number of methoxy groups -OCH3 is 3. The summed E-state index contributed by atoms with van der Waals surface area (Å²) in [6, 6.07) is 0. The van der Waals surface area contributed by atoms with E-state index in [4.69, 9.17) is 0 Å². The van der Waals surface area contributed by atoms with E-state index in [0.29, 0.717) is 4.68 Å². The zero-order valence-corrected chi connectivity index (χ0v) is 13.8. The molecule has 11 heteroatoms. The largest absolute Gasteiger partial charge is 0.465 e. The second-order valence-electron chi connectivity index (χ2n) is 5.05. The number of esters is 2. The van der Waals surface area contributed by atoms with Crippen LogP contribution in [0.15, 0.2) is 0 Å². The third-order valence-corrected chi connectivity index (χ3v) is 3.67. The summed E-state index contributed by atoms with van der Waals surface area (Å²) in [5.41, 5.74) is -0.963. The predicted molar refractivity (Wildman–Crippen MR) is 77.6 cm³/mol. The maximum absolute atomic E-state index is 13.4. The molecule has 1 aliphatic heterocycles. The zero-order chi connectivity index (χ0) is 18.7. The molecule has 0 saturated carbocycles. The number of rotatable bonds is 4. The van der Waals surface area contributed by atoms with E-state index in [-0.39, 0.29) is 30.8 Å². The highest BCUT2D eigenvalue weighted by Crippen LogP contribution is 2.23. The van der Waals surface area contributed by atoms with Crippen molar-refractivity contribution in [2.75, 3.05) is 27.9 Å². The molecule has 0 N–H and O–H groups in total. The van der Waals surface area contributed by atoms with Crippen molar-refractivity contribution in [1.29, 1.82) is 0 Å². The lowest BCUT2D eigenvalue weighted by atomic mass is 10.1. The van der Waals surface area contributed by atoms with E-state index in [1.54, 1.807) is 0 Å². The van der Waals surface area contributed by atoms with Crippen molar-refractivity contribution in [3.05, 3.63) is 17.0 Å². The molecule has 0 aliphatic carbocycles. The van der Waals surface area contributed by atoms with Crippen LogP contribution in [0.25, 0.3) is 0 Å². The topological polar surface area (TPSA) is 117 Å². The molecule has 25 heavy (non-hydrogen) atoms. The Kier molecular flexibility index (Phi) is 5.35. The van der Waals surface area contributed by atoms with Crippen molar-refractivity contribution >= 4 is 23.9 Å². The van der Waals surface area contributed by atoms with Crippen LogP contribution in [0.5, 0.6) is 0 Å². The standard InChI is InChI=1S/C14H16FN3O7/c1-23-12(20)9-8(6-17-5-4-7(15)11(17)19)18(14(22)25-3)16-10(9)13(21)24-2/h7H,4-6H2,1-3H3. The van der Waals surface area contributed by atoms with Crippen LogP contribution in [-0.4, -0.2) is 72.7 Å². The van der Waals surface area contributed by atoms with Crippen molar-refractivity contribution in [2.45, 2.75) is 19.1 Å². The van der Waals surface area contributed by atoms with E-state index < -0.39 is 35.8 Å². The molecular weight excluding hydrogens is 341 g/mol. The van der Waals surface area contributed by atoms with E-state index >= 15 is 0 Å². The molecule has 0 bridgehead atoms. The van der Waals surface area contributed by atoms with E-state index in [1.807, 2.05) is 0 Å². The van der Waals surface area contributed by atoms with E-state index in [9.17, 15) is 23.6 Å². The Morgan fingerprint density at radius 1 is 1.16 bits per heavy atom. The molecule has 2 heterocycles. The summed E-state index contributed by atoms with van der Waals surface area (Å²) < 4.78 is 27.8. The average Bonchev–Trinajstić information content (AvgIpc) is 3.15. The number of amides is 1. The summed E-state index contributed by atoms with van der Waals surface area (Å²) in [5.74, 6) is -2.73. The fraction of sp³-hybridized carbons (Fsp3) is 0.500. The molecule has 0 spiro atoms. The molecular formula is C14H16FN3O7. The molecule has 0 aromatic carbocycles. The van der Waals surface area contributed by atoms with Crippen LogP contribution in [0.4, 0.5) is 9.18 Å². The molecule has 1 aromatic rings. The number of hydrogen-bond donors (Lipinski definition) is 0. The van der Waals surface area contributed by atoms with Crippen molar-refractivity contribution in [3.8, 4) is 0 Å².